The highest BCUT2D eigenvalue weighted by atomic mass is 19.1. The predicted octanol–water partition coefficient (Wildman–Crippen LogP) is 4.59. The van der Waals surface area contributed by atoms with Gasteiger partial charge in [-0.25, -0.2) is 4.39 Å². The molecule has 0 spiro atoms. The molecule has 5 nitrogen and oxygen atoms in total. The average Bonchev–Trinajstić information content (AvgIpc) is 3.68. The van der Waals surface area contributed by atoms with E-state index in [1.165, 1.54) is 12.1 Å². The summed E-state index contributed by atoms with van der Waals surface area (Å²) in [6.07, 6.45) is 1.86. The number of ether oxygens (including phenoxy) is 1. The summed E-state index contributed by atoms with van der Waals surface area (Å²) < 4.78 is 18.7. The number of benzene rings is 3. The van der Waals surface area contributed by atoms with Crippen molar-refractivity contribution >= 4 is 11.8 Å². The van der Waals surface area contributed by atoms with Crippen LogP contribution in [0.2, 0.25) is 0 Å². The van der Waals surface area contributed by atoms with Gasteiger partial charge in [0.2, 0.25) is 5.91 Å². The van der Waals surface area contributed by atoms with E-state index in [1.807, 2.05) is 47.4 Å². The fraction of sp³-hybridized carbons (Fsp3) is 0.259. The van der Waals surface area contributed by atoms with Gasteiger partial charge in [-0.05, 0) is 59.9 Å². The number of methoxy groups -OCH3 is 1. The van der Waals surface area contributed by atoms with E-state index in [-0.39, 0.29) is 30.2 Å². The summed E-state index contributed by atoms with van der Waals surface area (Å²) in [6, 6.07) is 20.7. The first-order chi connectivity index (χ1) is 16.1. The Morgan fingerprint density at radius 1 is 1.06 bits per heavy atom. The van der Waals surface area contributed by atoms with Crippen molar-refractivity contribution < 1.29 is 18.7 Å². The Balaban J connectivity index is 1.56. The Labute approximate surface area is 192 Å². The number of carbonyl (C=O) groups excluding carboxylic acids is 2. The van der Waals surface area contributed by atoms with Gasteiger partial charge in [-0.1, -0.05) is 42.5 Å². The third-order valence-electron chi connectivity index (χ3n) is 6.41. The van der Waals surface area contributed by atoms with Crippen molar-refractivity contribution in [2.75, 3.05) is 7.11 Å². The number of halogens is 1. The molecule has 0 bridgehead atoms. The van der Waals surface area contributed by atoms with E-state index in [1.54, 1.807) is 25.3 Å². The molecule has 1 heterocycles. The number of carbonyl (C=O) groups is 2. The van der Waals surface area contributed by atoms with Crippen LogP contribution >= 0.6 is 0 Å². The van der Waals surface area contributed by atoms with Crippen molar-refractivity contribution in [2.24, 2.45) is 0 Å². The van der Waals surface area contributed by atoms with Crippen LogP contribution in [0.5, 0.6) is 5.75 Å². The van der Waals surface area contributed by atoms with E-state index in [0.717, 1.165) is 29.5 Å². The number of nitrogens with zero attached hydrogens (tertiary/aromatic N) is 1. The van der Waals surface area contributed by atoms with Gasteiger partial charge >= 0.3 is 0 Å². The number of fused-ring (bicyclic) bond motifs is 1. The van der Waals surface area contributed by atoms with Crippen molar-refractivity contribution in [3.05, 3.63) is 101 Å². The van der Waals surface area contributed by atoms with Gasteiger partial charge in [0.15, 0.2) is 0 Å². The van der Waals surface area contributed by atoms with Crippen molar-refractivity contribution in [2.45, 2.75) is 37.4 Å². The van der Waals surface area contributed by atoms with E-state index >= 15 is 0 Å². The maximum Gasteiger partial charge on any atom is 0.254 e. The van der Waals surface area contributed by atoms with Crippen LogP contribution in [-0.2, 0) is 11.3 Å². The summed E-state index contributed by atoms with van der Waals surface area (Å²) in [4.78, 5) is 29.1. The lowest BCUT2D eigenvalue weighted by atomic mass is 9.79. The number of amides is 2. The zero-order valence-corrected chi connectivity index (χ0v) is 18.3. The minimum atomic E-state index is -0.577. The summed E-state index contributed by atoms with van der Waals surface area (Å²) in [5.41, 5.74) is 2.97. The third kappa shape index (κ3) is 4.09. The molecule has 2 amide bonds. The molecule has 2 aliphatic rings. The Morgan fingerprint density at radius 2 is 1.82 bits per heavy atom. The topological polar surface area (TPSA) is 58.6 Å². The Bertz CT molecular complexity index is 1190. The molecule has 1 fully saturated rings. The predicted molar refractivity (Wildman–Crippen MR) is 122 cm³/mol. The first-order valence-electron chi connectivity index (χ1n) is 11.1. The van der Waals surface area contributed by atoms with Gasteiger partial charge in [0, 0.05) is 18.2 Å². The van der Waals surface area contributed by atoms with E-state index in [9.17, 15) is 14.0 Å². The molecule has 1 aliphatic carbocycles. The summed E-state index contributed by atoms with van der Waals surface area (Å²) in [6.45, 7) is 0.278. The molecule has 3 aromatic carbocycles. The lowest BCUT2D eigenvalue weighted by Gasteiger charge is -2.42. The molecule has 33 heavy (non-hydrogen) atoms. The molecule has 0 saturated heterocycles. The Morgan fingerprint density at radius 3 is 2.55 bits per heavy atom. The second-order valence-corrected chi connectivity index (χ2v) is 8.57. The maximum atomic E-state index is 13.7. The van der Waals surface area contributed by atoms with Crippen LogP contribution in [0.25, 0.3) is 0 Å². The molecule has 0 radical (unpaired) electrons. The second kappa shape index (κ2) is 8.70. The lowest BCUT2D eigenvalue weighted by molar-refractivity contribution is -0.124. The molecular formula is C27H25FN2O3. The first kappa shape index (κ1) is 21.2. The van der Waals surface area contributed by atoms with E-state index in [0.29, 0.717) is 11.3 Å². The maximum absolute atomic E-state index is 13.7. The van der Waals surface area contributed by atoms with Gasteiger partial charge < -0.3 is 15.0 Å². The zero-order valence-electron chi connectivity index (χ0n) is 18.3. The van der Waals surface area contributed by atoms with Gasteiger partial charge in [-0.2, -0.15) is 0 Å². The monoisotopic (exact) mass is 444 g/mol. The van der Waals surface area contributed by atoms with Crippen molar-refractivity contribution in [1.29, 1.82) is 0 Å². The zero-order chi connectivity index (χ0) is 22.9. The van der Waals surface area contributed by atoms with Crippen LogP contribution in [0, 0.1) is 5.82 Å². The molecule has 1 N–H and O–H groups in total. The van der Waals surface area contributed by atoms with E-state index < -0.39 is 12.0 Å². The molecule has 5 rings (SSSR count). The van der Waals surface area contributed by atoms with E-state index in [2.05, 4.69) is 5.32 Å². The fourth-order valence-corrected chi connectivity index (χ4v) is 4.67. The highest BCUT2D eigenvalue weighted by molar-refractivity contribution is 6.01. The minimum absolute atomic E-state index is 0.0384. The molecule has 0 unspecified atom stereocenters. The average molecular weight is 445 g/mol. The van der Waals surface area contributed by atoms with Crippen LogP contribution in [0.4, 0.5) is 4.39 Å². The highest BCUT2D eigenvalue weighted by Gasteiger charge is 2.49. The smallest absolute Gasteiger partial charge is 0.254 e. The largest absolute Gasteiger partial charge is 0.497 e. The Hall–Kier alpha value is -3.67. The number of nitrogens with one attached hydrogen (secondary N) is 1. The summed E-state index contributed by atoms with van der Waals surface area (Å²) >= 11 is 0. The number of hydrogen-bond donors (Lipinski definition) is 1. The normalized spacial score (nSPS) is 19.7. The summed E-state index contributed by atoms with van der Waals surface area (Å²) in [7, 11) is 1.60. The van der Waals surface area contributed by atoms with Crippen LogP contribution in [-0.4, -0.2) is 29.9 Å². The van der Waals surface area contributed by atoms with Crippen LogP contribution in [0.3, 0.4) is 0 Å². The molecule has 0 aromatic heterocycles. The Kier molecular flexibility index (Phi) is 5.58. The molecule has 2 atom stereocenters. The first-order valence-corrected chi connectivity index (χ1v) is 11.1. The van der Waals surface area contributed by atoms with Crippen molar-refractivity contribution in [3.8, 4) is 5.75 Å². The van der Waals surface area contributed by atoms with Crippen LogP contribution in [0.15, 0.2) is 72.8 Å². The SMILES string of the molecule is COc1cccc([C@@H]2[C@@H](C(=O)NCc3ccc(F)cc3)c3ccccc3C(=O)N2C2CC2)c1. The van der Waals surface area contributed by atoms with Gasteiger partial charge in [0.1, 0.15) is 11.6 Å². The van der Waals surface area contributed by atoms with Gasteiger partial charge in [-0.3, -0.25) is 9.59 Å². The molecule has 1 aliphatic heterocycles. The fourth-order valence-electron chi connectivity index (χ4n) is 4.67. The van der Waals surface area contributed by atoms with Gasteiger partial charge in [-0.15, -0.1) is 0 Å². The summed E-state index contributed by atoms with van der Waals surface area (Å²) in [5.74, 6) is -0.420. The van der Waals surface area contributed by atoms with Crippen LogP contribution in [0.1, 0.15) is 51.8 Å². The molecular weight excluding hydrogens is 419 g/mol. The standard InChI is InChI=1S/C27H25FN2O3/c1-33-21-6-4-5-18(15-21)25-24(26(31)29-16-17-9-11-19(28)12-10-17)22-7-2-3-8-23(22)27(32)30(25)20-13-14-20/h2-12,15,20,24-25H,13-14,16H2,1H3,(H,29,31)/t24-,25+/m0/s1. The number of hydrogen-bond acceptors (Lipinski definition) is 3. The van der Waals surface area contributed by atoms with Crippen molar-refractivity contribution in [3.63, 3.8) is 0 Å². The lowest BCUT2D eigenvalue weighted by Crippen LogP contribution is -2.48. The molecule has 3 aromatic rings. The quantitative estimate of drug-likeness (QED) is 0.605. The highest BCUT2D eigenvalue weighted by Crippen LogP contribution is 2.48. The molecule has 168 valence electrons. The summed E-state index contributed by atoms with van der Waals surface area (Å²) in [5, 5.41) is 3.02. The van der Waals surface area contributed by atoms with Gasteiger partial charge in [0.25, 0.3) is 5.91 Å². The second-order valence-electron chi connectivity index (χ2n) is 8.57. The van der Waals surface area contributed by atoms with Crippen LogP contribution < -0.4 is 10.1 Å². The molecule has 1 saturated carbocycles. The minimum Gasteiger partial charge on any atom is -0.497 e. The van der Waals surface area contributed by atoms with Crippen molar-refractivity contribution in [1.82, 2.24) is 10.2 Å². The van der Waals surface area contributed by atoms with Gasteiger partial charge in [0.05, 0.1) is 19.1 Å². The molecule has 6 heteroatoms. The number of rotatable bonds is 6. The third-order valence-corrected chi connectivity index (χ3v) is 6.41. The van der Waals surface area contributed by atoms with E-state index in [4.69, 9.17) is 4.74 Å².